The molecule has 0 unspecified atom stereocenters. The Labute approximate surface area is 277 Å². The zero-order valence-corrected chi connectivity index (χ0v) is 25.8. The van der Waals surface area contributed by atoms with E-state index in [0.717, 1.165) is 66.5 Å². The summed E-state index contributed by atoms with van der Waals surface area (Å²) in [4.78, 5) is 0. The monoisotopic (exact) mass is 610 g/mol. The van der Waals surface area contributed by atoms with Crippen molar-refractivity contribution in [3.8, 4) is 45.8 Å². The molecular formula is C44H26N4. The van der Waals surface area contributed by atoms with Crippen LogP contribution in [0.1, 0.15) is 11.1 Å². The van der Waals surface area contributed by atoms with E-state index in [1.54, 1.807) is 0 Å². The van der Waals surface area contributed by atoms with Crippen LogP contribution in [0.5, 0.6) is 0 Å². The summed E-state index contributed by atoms with van der Waals surface area (Å²) in [6.45, 7) is 0. The van der Waals surface area contributed by atoms with E-state index in [9.17, 15) is 10.5 Å². The molecule has 0 saturated heterocycles. The Balaban J connectivity index is 1.24. The van der Waals surface area contributed by atoms with Crippen LogP contribution in [-0.2, 0) is 0 Å². The highest BCUT2D eigenvalue weighted by Crippen LogP contribution is 2.39. The van der Waals surface area contributed by atoms with Gasteiger partial charge in [-0.05, 0) is 71.8 Å². The predicted molar refractivity (Wildman–Crippen MR) is 195 cm³/mol. The Morgan fingerprint density at radius 2 is 1.00 bits per heavy atom. The largest absolute Gasteiger partial charge is 0.309 e. The van der Waals surface area contributed by atoms with Crippen molar-refractivity contribution in [1.82, 2.24) is 9.13 Å². The maximum Gasteiger partial charge on any atom is 0.0998 e. The number of aromatic nitrogens is 2. The Bertz CT molecular complexity index is 2760. The van der Waals surface area contributed by atoms with Gasteiger partial charge in [0, 0.05) is 38.4 Å². The Morgan fingerprint density at radius 3 is 1.69 bits per heavy atom. The lowest BCUT2D eigenvalue weighted by atomic mass is 9.93. The summed E-state index contributed by atoms with van der Waals surface area (Å²) in [5.74, 6) is 0. The van der Waals surface area contributed by atoms with Gasteiger partial charge in [0.05, 0.1) is 51.0 Å². The molecule has 9 aromatic rings. The van der Waals surface area contributed by atoms with Gasteiger partial charge in [-0.25, -0.2) is 0 Å². The average molecular weight is 611 g/mol. The number of para-hydroxylation sites is 4. The first kappa shape index (κ1) is 27.4. The van der Waals surface area contributed by atoms with Crippen molar-refractivity contribution >= 4 is 43.6 Å². The molecule has 0 bridgehead atoms. The zero-order chi connectivity index (χ0) is 32.2. The third-order valence-electron chi connectivity index (χ3n) is 9.40. The summed E-state index contributed by atoms with van der Waals surface area (Å²) in [5.41, 5.74) is 11.4. The molecule has 9 rings (SSSR count). The van der Waals surface area contributed by atoms with Crippen molar-refractivity contribution in [2.75, 3.05) is 0 Å². The summed E-state index contributed by atoms with van der Waals surface area (Å²) in [5, 5.41) is 24.8. The van der Waals surface area contributed by atoms with Crippen LogP contribution in [0.15, 0.2) is 158 Å². The summed E-state index contributed by atoms with van der Waals surface area (Å²) in [6.07, 6.45) is 0. The van der Waals surface area contributed by atoms with Crippen LogP contribution in [0.2, 0.25) is 0 Å². The topological polar surface area (TPSA) is 57.4 Å². The molecule has 0 spiro atoms. The SMILES string of the molecule is N#Cc1ccc2c3ccccc3n(-c3ccccc3-c3cc(-c4cccc(-n5c6ccccc6c6ccccc65)c4)ccc3C#N)c2c1. The van der Waals surface area contributed by atoms with Crippen LogP contribution in [0.3, 0.4) is 0 Å². The second kappa shape index (κ2) is 10.9. The molecule has 0 N–H and O–H groups in total. The van der Waals surface area contributed by atoms with Gasteiger partial charge in [0.25, 0.3) is 0 Å². The van der Waals surface area contributed by atoms with Crippen molar-refractivity contribution in [3.63, 3.8) is 0 Å². The van der Waals surface area contributed by atoms with Gasteiger partial charge in [0.2, 0.25) is 0 Å². The van der Waals surface area contributed by atoms with Gasteiger partial charge in [-0.3, -0.25) is 0 Å². The predicted octanol–water partition coefficient (Wildman–Crippen LogP) is 11.0. The van der Waals surface area contributed by atoms with Gasteiger partial charge in [-0.15, -0.1) is 0 Å². The first-order valence-electron chi connectivity index (χ1n) is 15.9. The molecule has 2 heterocycles. The Morgan fingerprint density at radius 1 is 0.396 bits per heavy atom. The maximum atomic E-state index is 10.3. The normalized spacial score (nSPS) is 11.3. The van der Waals surface area contributed by atoms with Gasteiger partial charge >= 0.3 is 0 Å². The molecule has 0 aliphatic rings. The second-order valence-corrected chi connectivity index (χ2v) is 12.0. The smallest absolute Gasteiger partial charge is 0.0998 e. The van der Waals surface area contributed by atoms with E-state index >= 15 is 0 Å². The standard InChI is InChI=1S/C44H26N4/c45-27-29-20-23-38-36-14-3-7-18-42(36)48(44(38)24-29)43-19-8-4-15-37(43)39-26-31(21-22-32(39)28-46)30-10-9-11-33(25-30)47-40-16-5-1-12-34(40)35-13-2-6-17-41(35)47/h1-26H. The van der Waals surface area contributed by atoms with Crippen LogP contribution in [0.25, 0.3) is 77.2 Å². The number of benzene rings is 7. The van der Waals surface area contributed by atoms with E-state index in [-0.39, 0.29) is 0 Å². The molecule has 2 aromatic heterocycles. The molecule has 7 aromatic carbocycles. The number of fused-ring (bicyclic) bond motifs is 6. The number of nitriles is 2. The molecular weight excluding hydrogens is 585 g/mol. The Hall–Kier alpha value is -6.88. The van der Waals surface area contributed by atoms with Crippen molar-refractivity contribution in [2.45, 2.75) is 0 Å². The fourth-order valence-corrected chi connectivity index (χ4v) is 7.27. The fraction of sp³-hybridized carbons (Fsp3) is 0. The highest BCUT2D eigenvalue weighted by molar-refractivity contribution is 6.11. The molecule has 0 atom stereocenters. The Kier molecular flexibility index (Phi) is 6.22. The lowest BCUT2D eigenvalue weighted by molar-refractivity contribution is 1.18. The molecule has 0 aliphatic heterocycles. The van der Waals surface area contributed by atoms with E-state index in [4.69, 9.17) is 0 Å². The van der Waals surface area contributed by atoms with Crippen molar-refractivity contribution < 1.29 is 0 Å². The van der Waals surface area contributed by atoms with Crippen molar-refractivity contribution in [1.29, 1.82) is 10.5 Å². The lowest BCUT2D eigenvalue weighted by Gasteiger charge is -2.16. The minimum Gasteiger partial charge on any atom is -0.309 e. The first-order valence-corrected chi connectivity index (χ1v) is 15.9. The number of hydrogen-bond acceptors (Lipinski definition) is 2. The fourth-order valence-electron chi connectivity index (χ4n) is 7.27. The molecule has 0 amide bonds. The maximum absolute atomic E-state index is 10.3. The summed E-state index contributed by atoms with van der Waals surface area (Å²) >= 11 is 0. The van der Waals surface area contributed by atoms with E-state index < -0.39 is 0 Å². The third-order valence-corrected chi connectivity index (χ3v) is 9.40. The number of hydrogen-bond donors (Lipinski definition) is 0. The molecule has 4 nitrogen and oxygen atoms in total. The van der Waals surface area contributed by atoms with Gasteiger partial charge in [-0.1, -0.05) is 97.1 Å². The zero-order valence-electron chi connectivity index (χ0n) is 25.8. The van der Waals surface area contributed by atoms with Gasteiger partial charge in [-0.2, -0.15) is 10.5 Å². The molecule has 4 heteroatoms. The van der Waals surface area contributed by atoms with E-state index in [0.29, 0.717) is 11.1 Å². The van der Waals surface area contributed by atoms with E-state index in [2.05, 4.69) is 124 Å². The molecule has 48 heavy (non-hydrogen) atoms. The van der Waals surface area contributed by atoms with Gasteiger partial charge in [0.1, 0.15) is 0 Å². The summed E-state index contributed by atoms with van der Waals surface area (Å²) in [6, 6.07) is 58.9. The van der Waals surface area contributed by atoms with E-state index in [1.807, 2.05) is 54.6 Å². The lowest BCUT2D eigenvalue weighted by Crippen LogP contribution is -1.99. The number of rotatable bonds is 4. The van der Waals surface area contributed by atoms with Crippen LogP contribution in [0, 0.1) is 22.7 Å². The second-order valence-electron chi connectivity index (χ2n) is 12.0. The summed E-state index contributed by atoms with van der Waals surface area (Å²) < 4.78 is 4.54. The van der Waals surface area contributed by atoms with Crippen molar-refractivity contribution in [2.24, 2.45) is 0 Å². The van der Waals surface area contributed by atoms with Gasteiger partial charge in [0.15, 0.2) is 0 Å². The molecule has 0 aliphatic carbocycles. The van der Waals surface area contributed by atoms with Crippen LogP contribution >= 0.6 is 0 Å². The summed E-state index contributed by atoms with van der Waals surface area (Å²) in [7, 11) is 0. The molecule has 222 valence electrons. The highest BCUT2D eigenvalue weighted by atomic mass is 15.0. The minimum absolute atomic E-state index is 0.600. The van der Waals surface area contributed by atoms with Gasteiger partial charge < -0.3 is 9.13 Å². The minimum atomic E-state index is 0.600. The highest BCUT2D eigenvalue weighted by Gasteiger charge is 2.18. The average Bonchev–Trinajstić information content (AvgIpc) is 3.67. The van der Waals surface area contributed by atoms with Crippen molar-refractivity contribution in [3.05, 3.63) is 169 Å². The number of nitrogens with zero attached hydrogens (tertiary/aromatic N) is 4. The van der Waals surface area contributed by atoms with E-state index in [1.165, 1.54) is 10.8 Å². The van der Waals surface area contributed by atoms with Crippen LogP contribution < -0.4 is 0 Å². The van der Waals surface area contributed by atoms with Crippen LogP contribution in [-0.4, -0.2) is 9.13 Å². The van der Waals surface area contributed by atoms with Crippen LogP contribution in [0.4, 0.5) is 0 Å². The third kappa shape index (κ3) is 4.14. The molecule has 0 fully saturated rings. The first-order chi connectivity index (χ1) is 23.7. The molecule has 0 saturated carbocycles. The quantitative estimate of drug-likeness (QED) is 0.199. The molecule has 0 radical (unpaired) electrons.